The molecule has 2 aromatic heterocycles. The van der Waals surface area contributed by atoms with Crippen molar-refractivity contribution in [2.24, 2.45) is 0 Å². The average molecular weight is 528 g/mol. The molecule has 0 atom stereocenters. The van der Waals surface area contributed by atoms with Crippen molar-refractivity contribution in [1.29, 1.82) is 0 Å². The van der Waals surface area contributed by atoms with E-state index in [0.29, 0.717) is 0 Å². The zero-order valence-corrected chi connectivity index (χ0v) is 20.4. The van der Waals surface area contributed by atoms with Crippen LogP contribution in [0.2, 0.25) is 0 Å². The number of para-hydroxylation sites is 2. The quantitative estimate of drug-likeness (QED) is 0.229. The van der Waals surface area contributed by atoms with Crippen LogP contribution in [0.5, 0.6) is 0 Å². The highest BCUT2D eigenvalue weighted by molar-refractivity contribution is 7.18. The van der Waals surface area contributed by atoms with Crippen molar-refractivity contribution >= 4 is 43.1 Å². The molecule has 144 valence electrons. The summed E-state index contributed by atoms with van der Waals surface area (Å²) in [6, 6.07) is 17.5. The van der Waals surface area contributed by atoms with Gasteiger partial charge in [-0.05, 0) is 18.6 Å². The summed E-state index contributed by atoms with van der Waals surface area (Å²) in [6.45, 7) is 6.73. The number of thiazole rings is 2. The van der Waals surface area contributed by atoms with Gasteiger partial charge in [-0.25, -0.2) is 0 Å². The van der Waals surface area contributed by atoms with Gasteiger partial charge in [-0.3, -0.25) is 0 Å². The zero-order chi connectivity index (χ0) is 17.2. The molecule has 4 aromatic rings. The Hall–Kier alpha value is -0.820. The van der Waals surface area contributed by atoms with E-state index in [-0.39, 0.29) is 34.0 Å². The molecule has 0 saturated carbocycles. The number of aromatic nitrogens is 2. The van der Waals surface area contributed by atoms with Gasteiger partial charge >= 0.3 is 0 Å². The molecule has 0 bridgehead atoms. The van der Waals surface area contributed by atoms with Crippen molar-refractivity contribution in [3.8, 4) is 0 Å². The van der Waals surface area contributed by atoms with Crippen LogP contribution < -0.4 is 43.1 Å². The lowest BCUT2D eigenvalue weighted by molar-refractivity contribution is -0.677. The molecule has 0 spiro atoms. The molecule has 0 fully saturated rings. The standard InChI is InChI=1S/C21H24N2S2.2BrH/c1-16-22(18-10-4-6-12-20(18)24-16)14-8-3-9-15-23-17(2)25-21-13-7-5-11-19(21)23;;/h4-7,10-13H,3,8-9,14-15H2,1-2H3;2*1H/q+2;;/p-2. The van der Waals surface area contributed by atoms with E-state index >= 15 is 0 Å². The lowest BCUT2D eigenvalue weighted by atomic mass is 10.2. The summed E-state index contributed by atoms with van der Waals surface area (Å²) in [5.74, 6) is 0. The summed E-state index contributed by atoms with van der Waals surface area (Å²) < 4.78 is 7.77. The summed E-state index contributed by atoms with van der Waals surface area (Å²) in [5.41, 5.74) is 2.78. The van der Waals surface area contributed by atoms with Crippen LogP contribution in [0, 0.1) is 13.8 Å². The second-order valence-electron chi connectivity index (χ2n) is 6.54. The van der Waals surface area contributed by atoms with E-state index in [2.05, 4.69) is 71.5 Å². The van der Waals surface area contributed by atoms with Crippen LogP contribution in [-0.4, -0.2) is 0 Å². The normalized spacial score (nSPS) is 10.7. The predicted octanol–water partition coefficient (Wildman–Crippen LogP) is -0.814. The minimum atomic E-state index is 0. The van der Waals surface area contributed by atoms with Crippen LogP contribution in [0.1, 0.15) is 29.3 Å². The number of hydrogen-bond donors (Lipinski definition) is 0. The van der Waals surface area contributed by atoms with Crippen LogP contribution in [0.25, 0.3) is 20.4 Å². The molecule has 0 saturated heterocycles. The Bertz CT molecular complexity index is 942. The third-order valence-corrected chi connectivity index (χ3v) is 7.01. The van der Waals surface area contributed by atoms with Gasteiger partial charge in [-0.1, -0.05) is 46.9 Å². The first-order valence-electron chi connectivity index (χ1n) is 9.00. The average Bonchev–Trinajstić information content (AvgIpc) is 3.11. The first-order chi connectivity index (χ1) is 12.2. The minimum absolute atomic E-state index is 0. The topological polar surface area (TPSA) is 7.76 Å². The maximum atomic E-state index is 2.48. The number of rotatable bonds is 6. The Morgan fingerprint density at radius 2 is 1.04 bits per heavy atom. The van der Waals surface area contributed by atoms with Crippen LogP contribution >= 0.6 is 22.7 Å². The van der Waals surface area contributed by atoms with Gasteiger partial charge in [-0.2, -0.15) is 9.13 Å². The van der Waals surface area contributed by atoms with E-state index in [9.17, 15) is 0 Å². The molecule has 0 aliphatic heterocycles. The molecule has 0 aliphatic rings. The van der Waals surface area contributed by atoms with Gasteiger partial charge in [0.05, 0.1) is 0 Å². The van der Waals surface area contributed by atoms with Crippen molar-refractivity contribution in [2.75, 3.05) is 0 Å². The molecular formula is C21H24Br2N2S2. The maximum Gasteiger partial charge on any atom is 0.235 e. The Balaban J connectivity index is 0.00000131. The number of halogens is 2. The fourth-order valence-electron chi connectivity index (χ4n) is 3.57. The van der Waals surface area contributed by atoms with Crippen LogP contribution in [0.4, 0.5) is 0 Å². The van der Waals surface area contributed by atoms with Gasteiger partial charge in [0.1, 0.15) is 22.5 Å². The third-order valence-electron chi connectivity index (χ3n) is 4.85. The molecule has 0 N–H and O–H groups in total. The van der Waals surface area contributed by atoms with Gasteiger partial charge in [0.2, 0.25) is 21.0 Å². The highest BCUT2D eigenvalue weighted by atomic mass is 79.9. The lowest BCUT2D eigenvalue weighted by Crippen LogP contribution is -3.00. The molecule has 0 unspecified atom stereocenters. The van der Waals surface area contributed by atoms with Crippen molar-refractivity contribution in [1.82, 2.24) is 0 Å². The zero-order valence-electron chi connectivity index (χ0n) is 15.6. The summed E-state index contributed by atoms with van der Waals surface area (Å²) in [6.07, 6.45) is 3.76. The highest BCUT2D eigenvalue weighted by Gasteiger charge is 2.17. The molecule has 0 amide bonds. The van der Waals surface area contributed by atoms with Crippen LogP contribution in [0.3, 0.4) is 0 Å². The fraction of sp³-hybridized carbons (Fsp3) is 0.333. The molecule has 27 heavy (non-hydrogen) atoms. The number of hydrogen-bond acceptors (Lipinski definition) is 2. The Morgan fingerprint density at radius 3 is 1.48 bits per heavy atom. The molecule has 0 aliphatic carbocycles. The fourth-order valence-corrected chi connectivity index (χ4v) is 5.67. The number of nitrogens with zero attached hydrogens (tertiary/aromatic N) is 2. The number of benzene rings is 2. The Labute approximate surface area is 190 Å². The summed E-state index contributed by atoms with van der Waals surface area (Å²) in [4.78, 5) is 0. The number of aryl methyl sites for hydroxylation is 4. The molecular weight excluding hydrogens is 504 g/mol. The van der Waals surface area contributed by atoms with Gasteiger partial charge < -0.3 is 34.0 Å². The smallest absolute Gasteiger partial charge is 0.235 e. The van der Waals surface area contributed by atoms with Crippen molar-refractivity contribution < 1.29 is 43.1 Å². The van der Waals surface area contributed by atoms with Gasteiger partial charge in [0.25, 0.3) is 0 Å². The molecule has 0 radical (unpaired) electrons. The maximum absolute atomic E-state index is 2.48. The largest absolute Gasteiger partial charge is 1.00 e. The summed E-state index contributed by atoms with van der Waals surface area (Å²) >= 11 is 3.81. The second kappa shape index (κ2) is 10.1. The number of unbranched alkanes of at least 4 members (excludes halogenated alkanes) is 2. The van der Waals surface area contributed by atoms with Crippen molar-refractivity contribution in [3.63, 3.8) is 0 Å². The van der Waals surface area contributed by atoms with E-state index < -0.39 is 0 Å². The van der Waals surface area contributed by atoms with Gasteiger partial charge in [-0.15, -0.1) is 0 Å². The molecule has 4 rings (SSSR count). The van der Waals surface area contributed by atoms with E-state index in [1.807, 2.05) is 22.7 Å². The van der Waals surface area contributed by atoms with Gasteiger partial charge in [0.15, 0.2) is 0 Å². The number of fused-ring (bicyclic) bond motifs is 2. The predicted molar refractivity (Wildman–Crippen MR) is 107 cm³/mol. The Kier molecular flexibility index (Phi) is 8.40. The first kappa shape index (κ1) is 22.5. The Morgan fingerprint density at radius 1 is 0.630 bits per heavy atom. The third kappa shape index (κ3) is 4.78. The van der Waals surface area contributed by atoms with Crippen LogP contribution in [-0.2, 0) is 13.1 Å². The lowest BCUT2D eigenvalue weighted by Gasteiger charge is -1.99. The van der Waals surface area contributed by atoms with Crippen molar-refractivity contribution in [2.45, 2.75) is 46.2 Å². The van der Waals surface area contributed by atoms with E-state index in [4.69, 9.17) is 0 Å². The van der Waals surface area contributed by atoms with E-state index in [1.54, 1.807) is 0 Å². The van der Waals surface area contributed by atoms with Gasteiger partial charge in [0, 0.05) is 38.8 Å². The molecule has 2 heterocycles. The molecule has 2 aromatic carbocycles. The summed E-state index contributed by atoms with van der Waals surface area (Å²) in [7, 11) is 0. The van der Waals surface area contributed by atoms with Crippen molar-refractivity contribution in [3.05, 3.63) is 58.5 Å². The summed E-state index contributed by atoms with van der Waals surface area (Å²) in [5, 5.41) is 2.82. The monoisotopic (exact) mass is 526 g/mol. The highest BCUT2D eigenvalue weighted by Crippen LogP contribution is 2.20. The molecule has 6 heteroatoms. The molecule has 2 nitrogen and oxygen atoms in total. The van der Waals surface area contributed by atoms with Crippen LogP contribution in [0.15, 0.2) is 48.5 Å². The SMILES string of the molecule is Cc1sc2ccccc2[n+]1CCCCC[n+]1c(C)sc2ccccc21.[Br-].[Br-]. The minimum Gasteiger partial charge on any atom is -1.00 e. The van der Waals surface area contributed by atoms with E-state index in [0.717, 1.165) is 13.1 Å². The van der Waals surface area contributed by atoms with E-state index in [1.165, 1.54) is 49.7 Å². The second-order valence-corrected chi connectivity index (χ2v) is 9.01. The first-order valence-corrected chi connectivity index (χ1v) is 10.6.